The van der Waals surface area contributed by atoms with Gasteiger partial charge in [-0.2, -0.15) is 0 Å². The van der Waals surface area contributed by atoms with E-state index in [1.54, 1.807) is 25.5 Å². The van der Waals surface area contributed by atoms with Crippen molar-refractivity contribution >= 4 is 22.7 Å². The Labute approximate surface area is 262 Å². The van der Waals surface area contributed by atoms with Crippen LogP contribution in [0.25, 0.3) is 17.2 Å². The minimum Gasteiger partial charge on any atom is -0.496 e. The maximum Gasteiger partial charge on any atom is 0.160 e. The molecule has 44 heavy (non-hydrogen) atoms. The highest BCUT2D eigenvalue weighted by Gasteiger charge is 2.15. The van der Waals surface area contributed by atoms with Crippen LogP contribution in [-0.2, 0) is 38.9 Å². The van der Waals surface area contributed by atoms with Gasteiger partial charge in [0, 0.05) is 35.9 Å². The number of ether oxygens (including phenoxy) is 3. The zero-order valence-electron chi connectivity index (χ0n) is 25.4. The Morgan fingerprint density at radius 1 is 1.02 bits per heavy atom. The Hall–Kier alpha value is -4.07. The maximum atomic E-state index is 13.0. The lowest BCUT2D eigenvalue weighted by Crippen LogP contribution is -2.27. The maximum absolute atomic E-state index is 13.0. The molecule has 1 aromatic heterocycles. The lowest BCUT2D eigenvalue weighted by Gasteiger charge is -2.23. The van der Waals surface area contributed by atoms with Gasteiger partial charge in [-0.1, -0.05) is 43.7 Å². The quantitative estimate of drug-likeness (QED) is 0.147. The average molecular weight is 610 g/mol. The van der Waals surface area contributed by atoms with Crippen molar-refractivity contribution in [1.29, 1.82) is 0 Å². The summed E-state index contributed by atoms with van der Waals surface area (Å²) in [4.78, 5) is 17.8. The van der Waals surface area contributed by atoms with Gasteiger partial charge >= 0.3 is 0 Å². The van der Waals surface area contributed by atoms with E-state index >= 15 is 0 Å². The summed E-state index contributed by atoms with van der Waals surface area (Å²) in [5.41, 5.74) is 5.97. The largest absolute Gasteiger partial charge is 0.496 e. The standard InChI is InChI=1S/C37H39NO5S/c1-3-5-28-19-20-38-24-32(28)26-44(40)36-16-7-27(8-17-36)22-33(39)13-9-31-23-30(12-18-37(31)41-2)29-10-14-34(15-11-29)43-35-6-4-21-42-25-35/h7-20,23-24,35H,3-6,21-22,25-26H2,1-2H3/b13-9+/t35?,44-/m0/s1. The summed E-state index contributed by atoms with van der Waals surface area (Å²) in [5.74, 6) is 1.92. The number of hydrogen-bond donors (Lipinski definition) is 0. The average Bonchev–Trinajstić information content (AvgIpc) is 3.06. The Morgan fingerprint density at radius 2 is 1.82 bits per heavy atom. The zero-order chi connectivity index (χ0) is 30.7. The molecule has 0 spiro atoms. The number of aryl methyl sites for hydroxylation is 1. The van der Waals surface area contributed by atoms with Crippen molar-refractivity contribution in [3.05, 3.63) is 114 Å². The number of rotatable bonds is 13. The third-order valence-corrected chi connectivity index (χ3v) is 9.03. The number of carbonyl (C=O) groups excluding carboxylic acids is 1. The molecule has 0 saturated carbocycles. The van der Waals surface area contributed by atoms with Gasteiger partial charge < -0.3 is 14.2 Å². The summed E-state index contributed by atoms with van der Waals surface area (Å²) < 4.78 is 30.2. The molecule has 4 aromatic rings. The van der Waals surface area contributed by atoms with Crippen LogP contribution in [0.5, 0.6) is 11.5 Å². The normalized spacial score (nSPS) is 15.6. The van der Waals surface area contributed by atoms with Crippen LogP contribution >= 0.6 is 0 Å². The van der Waals surface area contributed by atoms with Crippen molar-refractivity contribution in [3.8, 4) is 22.6 Å². The van der Waals surface area contributed by atoms with E-state index in [2.05, 4.69) is 11.9 Å². The molecule has 228 valence electrons. The molecule has 1 aliphatic heterocycles. The summed E-state index contributed by atoms with van der Waals surface area (Å²) in [5, 5.41) is 0. The summed E-state index contributed by atoms with van der Waals surface area (Å²) in [6, 6.07) is 23.5. The van der Waals surface area contributed by atoms with Gasteiger partial charge in [0.15, 0.2) is 5.78 Å². The van der Waals surface area contributed by atoms with Crippen LogP contribution in [0, 0.1) is 0 Å². The Bertz CT molecular complexity index is 1590. The van der Waals surface area contributed by atoms with Crippen molar-refractivity contribution in [2.75, 3.05) is 20.3 Å². The second-order valence-corrected chi connectivity index (χ2v) is 12.4. The van der Waals surface area contributed by atoms with Crippen molar-refractivity contribution < 1.29 is 23.2 Å². The predicted molar refractivity (Wildman–Crippen MR) is 175 cm³/mol. The van der Waals surface area contributed by atoms with Gasteiger partial charge in [-0.15, -0.1) is 0 Å². The minimum atomic E-state index is -1.19. The third-order valence-electron chi connectivity index (χ3n) is 7.66. The first-order valence-electron chi connectivity index (χ1n) is 15.1. The van der Waals surface area contributed by atoms with E-state index < -0.39 is 10.8 Å². The van der Waals surface area contributed by atoms with Crippen LogP contribution in [0.2, 0.25) is 0 Å². The van der Waals surface area contributed by atoms with Gasteiger partial charge in [0.05, 0.1) is 30.3 Å². The van der Waals surface area contributed by atoms with Crippen molar-refractivity contribution in [1.82, 2.24) is 4.98 Å². The highest BCUT2D eigenvalue weighted by Crippen LogP contribution is 2.29. The number of nitrogens with zero attached hydrogens (tertiary/aromatic N) is 1. The SMILES string of the molecule is CCCc1ccncc1C[S@](=O)c1ccc(CC(=O)/C=C/c2cc(-c3ccc(OC4CCCOC4)cc3)ccc2OC)cc1. The fraction of sp³-hybridized carbons (Fsp3) is 0.297. The monoisotopic (exact) mass is 609 g/mol. The topological polar surface area (TPSA) is 74.7 Å². The number of methoxy groups -OCH3 is 1. The fourth-order valence-electron chi connectivity index (χ4n) is 5.29. The first-order chi connectivity index (χ1) is 21.5. The molecule has 1 fully saturated rings. The Balaban J connectivity index is 1.20. The molecule has 1 saturated heterocycles. The second kappa shape index (κ2) is 15.6. The number of allylic oxidation sites excluding steroid dienone is 1. The minimum absolute atomic E-state index is 0.0286. The van der Waals surface area contributed by atoms with Gasteiger partial charge in [-0.3, -0.25) is 14.0 Å². The number of benzene rings is 3. The van der Waals surface area contributed by atoms with E-state index in [4.69, 9.17) is 14.2 Å². The number of ketones is 1. The molecule has 0 aliphatic carbocycles. The highest BCUT2D eigenvalue weighted by atomic mass is 32.2. The van der Waals surface area contributed by atoms with Gasteiger partial charge in [0.1, 0.15) is 17.6 Å². The highest BCUT2D eigenvalue weighted by molar-refractivity contribution is 7.84. The van der Waals surface area contributed by atoms with Crippen molar-refractivity contribution in [3.63, 3.8) is 0 Å². The molecule has 2 atom stereocenters. The molecule has 1 aliphatic rings. The summed E-state index contributed by atoms with van der Waals surface area (Å²) >= 11 is 0. The fourth-order valence-corrected chi connectivity index (χ4v) is 6.44. The van der Waals surface area contributed by atoms with Crippen LogP contribution in [0.4, 0.5) is 0 Å². The molecule has 1 unspecified atom stereocenters. The first kappa shape index (κ1) is 31.4. The van der Waals surface area contributed by atoms with Gasteiger partial charge in [-0.25, -0.2) is 0 Å². The predicted octanol–water partition coefficient (Wildman–Crippen LogP) is 7.40. The van der Waals surface area contributed by atoms with Gasteiger partial charge in [0.2, 0.25) is 0 Å². The first-order valence-corrected chi connectivity index (χ1v) is 16.5. The van der Waals surface area contributed by atoms with Crippen molar-refractivity contribution in [2.24, 2.45) is 0 Å². The molecule has 0 N–H and O–H groups in total. The molecular weight excluding hydrogens is 570 g/mol. The smallest absolute Gasteiger partial charge is 0.160 e. The molecule has 0 amide bonds. The lowest BCUT2D eigenvalue weighted by molar-refractivity contribution is -0.113. The van der Waals surface area contributed by atoms with E-state index in [-0.39, 0.29) is 18.3 Å². The van der Waals surface area contributed by atoms with Crippen molar-refractivity contribution in [2.45, 2.75) is 55.8 Å². The van der Waals surface area contributed by atoms with E-state index in [0.29, 0.717) is 18.1 Å². The van der Waals surface area contributed by atoms with Crippen LogP contribution in [-0.4, -0.2) is 41.4 Å². The number of pyridine rings is 1. The van der Waals surface area contributed by atoms with E-state index in [0.717, 1.165) is 70.8 Å². The summed E-state index contributed by atoms with van der Waals surface area (Å²) in [6.07, 6.45) is 11.3. The Morgan fingerprint density at radius 3 is 2.55 bits per heavy atom. The number of aromatic nitrogens is 1. The van der Waals surface area contributed by atoms with E-state index in [1.165, 1.54) is 5.56 Å². The molecule has 5 rings (SSSR count). The molecule has 3 aromatic carbocycles. The van der Waals surface area contributed by atoms with Crippen LogP contribution < -0.4 is 9.47 Å². The molecule has 2 heterocycles. The van der Waals surface area contributed by atoms with Crippen LogP contribution in [0.3, 0.4) is 0 Å². The second-order valence-electron chi connectivity index (χ2n) is 10.9. The van der Waals surface area contributed by atoms with E-state index in [1.807, 2.05) is 79.0 Å². The molecule has 0 radical (unpaired) electrons. The summed E-state index contributed by atoms with van der Waals surface area (Å²) in [7, 11) is 0.437. The van der Waals surface area contributed by atoms with Gasteiger partial charge in [-0.05, 0) is 102 Å². The Kier molecular flexibility index (Phi) is 11.1. The zero-order valence-corrected chi connectivity index (χ0v) is 26.2. The third kappa shape index (κ3) is 8.52. The van der Waals surface area contributed by atoms with Crippen LogP contribution in [0.1, 0.15) is 48.4 Å². The van der Waals surface area contributed by atoms with Gasteiger partial charge in [0.25, 0.3) is 0 Å². The van der Waals surface area contributed by atoms with E-state index in [9.17, 15) is 9.00 Å². The molecule has 7 heteroatoms. The summed E-state index contributed by atoms with van der Waals surface area (Å²) in [6.45, 7) is 3.57. The van der Waals surface area contributed by atoms with Crippen LogP contribution in [0.15, 0.2) is 96.2 Å². The molecule has 0 bridgehead atoms. The number of carbonyl (C=O) groups is 1. The molecule has 6 nitrogen and oxygen atoms in total. The number of hydrogen-bond acceptors (Lipinski definition) is 6. The molecular formula is C37H39NO5S. The lowest BCUT2D eigenvalue weighted by atomic mass is 10.0.